The second kappa shape index (κ2) is 8.79. The molecule has 0 atom stereocenters. The summed E-state index contributed by atoms with van der Waals surface area (Å²) in [5.74, 6) is 0.812. The number of carbonyl (C=O) groups is 2. The van der Waals surface area contributed by atoms with Crippen LogP contribution in [-0.4, -0.2) is 40.8 Å². The number of para-hydroxylation sites is 2. The van der Waals surface area contributed by atoms with Crippen LogP contribution in [0.3, 0.4) is 0 Å². The van der Waals surface area contributed by atoms with E-state index < -0.39 is 0 Å². The van der Waals surface area contributed by atoms with E-state index in [9.17, 15) is 9.59 Å². The van der Waals surface area contributed by atoms with Crippen LogP contribution in [0.25, 0.3) is 11.0 Å². The average Bonchev–Trinajstić information content (AvgIpc) is 3.34. The van der Waals surface area contributed by atoms with Gasteiger partial charge in [0.15, 0.2) is 5.16 Å². The van der Waals surface area contributed by atoms with Crippen LogP contribution < -0.4 is 15.0 Å². The molecule has 1 fully saturated rings. The summed E-state index contributed by atoms with van der Waals surface area (Å²) in [5.41, 5.74) is 3.33. The maximum atomic E-state index is 12.6. The first kappa shape index (κ1) is 20.3. The van der Waals surface area contributed by atoms with Gasteiger partial charge in [0.1, 0.15) is 5.75 Å². The lowest BCUT2D eigenvalue weighted by Crippen LogP contribution is -2.24. The Morgan fingerprint density at radius 3 is 2.83 bits per heavy atom. The van der Waals surface area contributed by atoms with E-state index in [0.717, 1.165) is 29.2 Å². The van der Waals surface area contributed by atoms with Crippen LogP contribution in [0.15, 0.2) is 47.6 Å². The zero-order valence-corrected chi connectivity index (χ0v) is 17.9. The molecule has 1 aromatic heterocycles. The molecule has 2 aromatic carbocycles. The molecule has 0 bridgehead atoms. The van der Waals surface area contributed by atoms with Crippen LogP contribution in [0.4, 0.5) is 11.4 Å². The van der Waals surface area contributed by atoms with Crippen LogP contribution in [0, 0.1) is 0 Å². The van der Waals surface area contributed by atoms with Crippen molar-refractivity contribution in [2.75, 3.05) is 29.6 Å². The summed E-state index contributed by atoms with van der Waals surface area (Å²) in [4.78, 5) is 31.1. The van der Waals surface area contributed by atoms with Gasteiger partial charge in [-0.2, -0.15) is 0 Å². The fraction of sp³-hybridized carbons (Fsp3) is 0.318. The number of benzene rings is 2. The maximum Gasteiger partial charge on any atom is 0.234 e. The van der Waals surface area contributed by atoms with Gasteiger partial charge < -0.3 is 19.5 Å². The number of imidazole rings is 1. The molecule has 0 radical (unpaired) electrons. The normalized spacial score (nSPS) is 13.8. The third-order valence-corrected chi connectivity index (χ3v) is 6.07. The number of aryl methyl sites for hydroxylation is 1. The summed E-state index contributed by atoms with van der Waals surface area (Å²) >= 11 is 1.41. The van der Waals surface area contributed by atoms with Crippen LogP contribution in [-0.2, 0) is 16.1 Å². The van der Waals surface area contributed by atoms with Crippen LogP contribution in [0.5, 0.6) is 5.75 Å². The van der Waals surface area contributed by atoms with Gasteiger partial charge in [-0.25, -0.2) is 4.98 Å². The number of thioether (sulfide) groups is 1. The highest BCUT2D eigenvalue weighted by atomic mass is 32.2. The molecule has 0 saturated carbocycles. The Labute approximate surface area is 179 Å². The Morgan fingerprint density at radius 1 is 1.27 bits per heavy atom. The zero-order chi connectivity index (χ0) is 21.1. The minimum Gasteiger partial charge on any atom is -0.495 e. The molecule has 0 spiro atoms. The van der Waals surface area contributed by atoms with Gasteiger partial charge >= 0.3 is 0 Å². The predicted octanol–water partition coefficient (Wildman–Crippen LogP) is 3.92. The van der Waals surface area contributed by atoms with E-state index in [1.807, 2.05) is 24.3 Å². The number of anilines is 2. The van der Waals surface area contributed by atoms with Gasteiger partial charge in [0, 0.05) is 25.2 Å². The Morgan fingerprint density at radius 2 is 2.10 bits per heavy atom. The first-order valence-corrected chi connectivity index (χ1v) is 11.0. The first-order chi connectivity index (χ1) is 14.6. The number of hydrogen-bond acceptors (Lipinski definition) is 5. The summed E-state index contributed by atoms with van der Waals surface area (Å²) < 4.78 is 7.51. The van der Waals surface area contributed by atoms with E-state index in [1.165, 1.54) is 11.8 Å². The van der Waals surface area contributed by atoms with Gasteiger partial charge in [-0.3, -0.25) is 9.59 Å². The standard InChI is InChI=1S/C22H24N4O3S/c1-3-25-17-8-5-4-7-16(17)24-22(25)30-14-20(27)23-15-10-11-19(29-2)18(13-15)26-12-6-9-21(26)28/h4-5,7-8,10-11,13H,3,6,9,12,14H2,1-2H3,(H,23,27). The van der Waals surface area contributed by atoms with Crippen molar-refractivity contribution in [1.29, 1.82) is 0 Å². The van der Waals surface area contributed by atoms with Crippen molar-refractivity contribution in [2.24, 2.45) is 0 Å². The number of fused-ring (bicyclic) bond motifs is 1. The van der Waals surface area contributed by atoms with Gasteiger partial charge in [0.25, 0.3) is 0 Å². The minimum absolute atomic E-state index is 0.0748. The first-order valence-electron chi connectivity index (χ1n) is 9.97. The molecule has 30 heavy (non-hydrogen) atoms. The van der Waals surface area contributed by atoms with Crippen molar-refractivity contribution in [3.8, 4) is 5.75 Å². The van der Waals surface area contributed by atoms with Gasteiger partial charge in [0.05, 0.1) is 29.6 Å². The van der Waals surface area contributed by atoms with Gasteiger partial charge in [-0.1, -0.05) is 23.9 Å². The number of rotatable bonds is 7. The number of hydrogen-bond donors (Lipinski definition) is 1. The van der Waals surface area contributed by atoms with Crippen molar-refractivity contribution in [1.82, 2.24) is 9.55 Å². The second-order valence-corrected chi connectivity index (χ2v) is 7.94. The second-order valence-electron chi connectivity index (χ2n) is 7.00. The summed E-state index contributed by atoms with van der Waals surface area (Å²) in [6, 6.07) is 13.3. The summed E-state index contributed by atoms with van der Waals surface area (Å²) in [6.45, 7) is 3.52. The summed E-state index contributed by atoms with van der Waals surface area (Å²) in [6.07, 6.45) is 1.36. The molecule has 156 valence electrons. The minimum atomic E-state index is -0.126. The Balaban J connectivity index is 1.46. The fourth-order valence-corrected chi connectivity index (χ4v) is 4.56. The highest BCUT2D eigenvalue weighted by Crippen LogP contribution is 2.34. The molecule has 4 rings (SSSR count). The van der Waals surface area contributed by atoms with E-state index in [-0.39, 0.29) is 17.6 Å². The van der Waals surface area contributed by atoms with Crippen molar-refractivity contribution in [3.63, 3.8) is 0 Å². The fourth-order valence-electron chi connectivity index (χ4n) is 3.68. The number of aromatic nitrogens is 2. The molecular weight excluding hydrogens is 400 g/mol. The van der Waals surface area contributed by atoms with Crippen molar-refractivity contribution in [2.45, 2.75) is 31.5 Å². The van der Waals surface area contributed by atoms with Gasteiger partial charge in [-0.05, 0) is 43.7 Å². The van der Waals surface area contributed by atoms with Crippen LogP contribution in [0.2, 0.25) is 0 Å². The number of methoxy groups -OCH3 is 1. The van der Waals surface area contributed by atoms with Crippen LogP contribution in [0.1, 0.15) is 19.8 Å². The number of nitrogens with one attached hydrogen (secondary N) is 1. The Kier molecular flexibility index (Phi) is 5.94. The Bertz CT molecular complexity index is 1100. The summed E-state index contributed by atoms with van der Waals surface area (Å²) in [5, 5.41) is 3.75. The number of carbonyl (C=O) groups excluding carboxylic acids is 2. The van der Waals surface area contributed by atoms with Gasteiger partial charge in [-0.15, -0.1) is 0 Å². The SMILES string of the molecule is CCn1c(SCC(=O)Nc2ccc(OC)c(N3CCCC3=O)c2)nc2ccccc21. The lowest BCUT2D eigenvalue weighted by molar-refractivity contribution is -0.117. The molecule has 1 N–H and O–H groups in total. The van der Waals surface area contributed by atoms with Crippen LogP contribution >= 0.6 is 11.8 Å². The molecule has 1 saturated heterocycles. The molecule has 2 amide bonds. The molecule has 0 unspecified atom stereocenters. The maximum absolute atomic E-state index is 12.6. The highest BCUT2D eigenvalue weighted by molar-refractivity contribution is 7.99. The monoisotopic (exact) mass is 424 g/mol. The number of nitrogens with zero attached hydrogens (tertiary/aromatic N) is 3. The largest absolute Gasteiger partial charge is 0.495 e. The van der Waals surface area contributed by atoms with E-state index in [1.54, 1.807) is 30.2 Å². The molecule has 8 heteroatoms. The molecule has 7 nitrogen and oxygen atoms in total. The highest BCUT2D eigenvalue weighted by Gasteiger charge is 2.25. The molecule has 2 heterocycles. The smallest absolute Gasteiger partial charge is 0.234 e. The lowest BCUT2D eigenvalue weighted by Gasteiger charge is -2.20. The zero-order valence-electron chi connectivity index (χ0n) is 17.1. The molecule has 1 aliphatic heterocycles. The van der Waals surface area contributed by atoms with Crippen molar-refractivity contribution in [3.05, 3.63) is 42.5 Å². The topological polar surface area (TPSA) is 76.5 Å². The lowest BCUT2D eigenvalue weighted by atomic mass is 10.2. The van der Waals surface area contributed by atoms with Crippen molar-refractivity contribution >= 4 is 46.0 Å². The molecule has 1 aliphatic rings. The third kappa shape index (κ3) is 4.00. The Hall–Kier alpha value is -3.00. The van der Waals surface area contributed by atoms with Crippen molar-refractivity contribution < 1.29 is 14.3 Å². The summed E-state index contributed by atoms with van der Waals surface area (Å²) in [7, 11) is 1.58. The van der Waals surface area contributed by atoms with E-state index in [4.69, 9.17) is 4.74 Å². The average molecular weight is 425 g/mol. The predicted molar refractivity (Wildman–Crippen MR) is 119 cm³/mol. The number of ether oxygens (including phenoxy) is 1. The van der Waals surface area contributed by atoms with Gasteiger partial charge in [0.2, 0.25) is 11.8 Å². The van der Waals surface area contributed by atoms with E-state index in [2.05, 4.69) is 21.8 Å². The molecular formula is C22H24N4O3S. The molecule has 3 aromatic rings. The van der Waals surface area contributed by atoms with E-state index in [0.29, 0.717) is 30.1 Å². The van der Waals surface area contributed by atoms with E-state index >= 15 is 0 Å². The molecule has 0 aliphatic carbocycles. The third-order valence-electron chi connectivity index (χ3n) is 5.09. The number of amides is 2. The quantitative estimate of drug-likeness (QED) is 0.582.